The van der Waals surface area contributed by atoms with Crippen LogP contribution < -0.4 is 5.32 Å². The van der Waals surface area contributed by atoms with E-state index in [1.54, 1.807) is 0 Å². The van der Waals surface area contributed by atoms with Gasteiger partial charge in [-0.3, -0.25) is 4.79 Å². The SMILES string of the molecule is C=C1CCCC2(C)CCC(C(NC=O)C(C)C)C12. The Bertz CT molecular complexity index is 336. The second kappa shape index (κ2) is 5.07. The van der Waals surface area contributed by atoms with Gasteiger partial charge in [0.15, 0.2) is 0 Å². The molecule has 2 fully saturated rings. The van der Waals surface area contributed by atoms with Gasteiger partial charge < -0.3 is 5.32 Å². The minimum absolute atomic E-state index is 0.309. The van der Waals surface area contributed by atoms with Gasteiger partial charge in [-0.1, -0.05) is 32.9 Å². The lowest BCUT2D eigenvalue weighted by Crippen LogP contribution is -2.44. The van der Waals surface area contributed by atoms with E-state index in [9.17, 15) is 4.79 Å². The van der Waals surface area contributed by atoms with Gasteiger partial charge in [-0.05, 0) is 55.3 Å². The minimum atomic E-state index is 0.309. The summed E-state index contributed by atoms with van der Waals surface area (Å²) in [5.41, 5.74) is 1.88. The predicted octanol–water partition coefficient (Wildman–Crippen LogP) is 3.53. The molecule has 2 heteroatoms. The lowest BCUT2D eigenvalue weighted by molar-refractivity contribution is -0.111. The summed E-state index contributed by atoms with van der Waals surface area (Å²) in [6.45, 7) is 11.2. The van der Waals surface area contributed by atoms with Crippen LogP contribution in [0.1, 0.15) is 52.9 Å². The molecule has 2 aliphatic carbocycles. The molecule has 0 heterocycles. The summed E-state index contributed by atoms with van der Waals surface area (Å²) in [4.78, 5) is 10.9. The van der Waals surface area contributed by atoms with Crippen LogP contribution in [-0.2, 0) is 4.79 Å². The van der Waals surface area contributed by atoms with Gasteiger partial charge in [0.2, 0.25) is 6.41 Å². The van der Waals surface area contributed by atoms with Crippen molar-refractivity contribution in [3.05, 3.63) is 12.2 Å². The number of allylic oxidation sites excluding steroid dienone is 1. The molecular formula is C16H27NO. The van der Waals surface area contributed by atoms with Crippen LogP contribution in [-0.4, -0.2) is 12.5 Å². The highest BCUT2D eigenvalue weighted by Gasteiger charge is 2.50. The third-order valence-electron chi connectivity index (χ3n) is 5.35. The summed E-state index contributed by atoms with van der Waals surface area (Å²) in [7, 11) is 0. The highest BCUT2D eigenvalue weighted by molar-refractivity contribution is 5.47. The van der Waals surface area contributed by atoms with Crippen molar-refractivity contribution in [2.45, 2.75) is 58.9 Å². The molecule has 0 spiro atoms. The maximum atomic E-state index is 10.9. The van der Waals surface area contributed by atoms with E-state index in [0.29, 0.717) is 29.2 Å². The van der Waals surface area contributed by atoms with Gasteiger partial charge in [0.05, 0.1) is 0 Å². The van der Waals surface area contributed by atoms with Gasteiger partial charge in [-0.15, -0.1) is 0 Å². The van der Waals surface area contributed by atoms with Crippen LogP contribution in [0.5, 0.6) is 0 Å². The van der Waals surface area contributed by atoms with Crippen molar-refractivity contribution in [2.24, 2.45) is 23.2 Å². The molecule has 102 valence electrons. The quantitative estimate of drug-likeness (QED) is 0.599. The van der Waals surface area contributed by atoms with Gasteiger partial charge in [0.25, 0.3) is 0 Å². The smallest absolute Gasteiger partial charge is 0.207 e. The molecule has 0 bridgehead atoms. The van der Waals surface area contributed by atoms with E-state index in [1.807, 2.05) is 0 Å². The first-order valence-electron chi connectivity index (χ1n) is 7.37. The van der Waals surface area contributed by atoms with Crippen molar-refractivity contribution in [2.75, 3.05) is 0 Å². The first-order valence-corrected chi connectivity index (χ1v) is 7.37. The van der Waals surface area contributed by atoms with Crippen LogP contribution >= 0.6 is 0 Å². The van der Waals surface area contributed by atoms with Crippen LogP contribution in [0, 0.1) is 23.2 Å². The number of hydrogen-bond acceptors (Lipinski definition) is 1. The second-order valence-corrected chi connectivity index (χ2v) is 6.90. The fraction of sp³-hybridized carbons (Fsp3) is 0.812. The molecule has 2 saturated carbocycles. The Kier molecular flexibility index (Phi) is 3.84. The minimum Gasteiger partial charge on any atom is -0.355 e. The van der Waals surface area contributed by atoms with Crippen LogP contribution in [0.25, 0.3) is 0 Å². The van der Waals surface area contributed by atoms with Crippen LogP contribution in [0.15, 0.2) is 12.2 Å². The van der Waals surface area contributed by atoms with Crippen molar-refractivity contribution in [3.8, 4) is 0 Å². The summed E-state index contributed by atoms with van der Waals surface area (Å²) in [6.07, 6.45) is 7.23. The van der Waals surface area contributed by atoms with Gasteiger partial charge in [-0.2, -0.15) is 0 Å². The third-order valence-corrected chi connectivity index (χ3v) is 5.35. The van der Waals surface area contributed by atoms with Crippen molar-refractivity contribution in [3.63, 3.8) is 0 Å². The summed E-state index contributed by atoms with van der Waals surface area (Å²) in [6, 6.07) is 0.309. The molecule has 4 unspecified atom stereocenters. The van der Waals surface area contributed by atoms with Gasteiger partial charge in [-0.25, -0.2) is 0 Å². The molecular weight excluding hydrogens is 222 g/mol. The van der Waals surface area contributed by atoms with E-state index >= 15 is 0 Å². The molecule has 2 rings (SSSR count). The van der Waals surface area contributed by atoms with E-state index in [4.69, 9.17) is 0 Å². The topological polar surface area (TPSA) is 29.1 Å². The Balaban J connectivity index is 2.23. The zero-order valence-electron chi connectivity index (χ0n) is 12.0. The first-order chi connectivity index (χ1) is 8.49. The Hall–Kier alpha value is -0.790. The molecule has 2 aliphatic rings. The van der Waals surface area contributed by atoms with Gasteiger partial charge >= 0.3 is 0 Å². The Labute approximate surface area is 111 Å². The van der Waals surface area contributed by atoms with Crippen LogP contribution in [0.4, 0.5) is 0 Å². The third kappa shape index (κ3) is 2.22. The summed E-state index contributed by atoms with van der Waals surface area (Å²) in [5.74, 6) is 1.70. The second-order valence-electron chi connectivity index (χ2n) is 6.90. The number of carbonyl (C=O) groups is 1. The van der Waals surface area contributed by atoms with E-state index < -0.39 is 0 Å². The first kappa shape index (κ1) is 13.6. The highest BCUT2D eigenvalue weighted by atomic mass is 16.1. The zero-order valence-corrected chi connectivity index (χ0v) is 12.0. The Morgan fingerprint density at radius 1 is 1.44 bits per heavy atom. The standard InChI is InChI=1S/C16H27NO/c1-11(2)15(17-10-18)13-7-9-16(4)8-5-6-12(3)14(13)16/h10-11,13-15H,3,5-9H2,1-2,4H3,(H,17,18). The highest BCUT2D eigenvalue weighted by Crippen LogP contribution is 2.57. The molecule has 1 N–H and O–H groups in total. The number of carbonyl (C=O) groups excluding carboxylic acids is 1. The fourth-order valence-electron chi connectivity index (χ4n) is 4.56. The molecule has 4 atom stereocenters. The maximum absolute atomic E-state index is 10.9. The molecule has 0 aromatic carbocycles. The van der Waals surface area contributed by atoms with Crippen LogP contribution in [0.2, 0.25) is 0 Å². The molecule has 2 nitrogen and oxygen atoms in total. The predicted molar refractivity (Wildman–Crippen MR) is 75.1 cm³/mol. The van der Waals surface area contributed by atoms with E-state index in [2.05, 4.69) is 32.7 Å². The maximum Gasteiger partial charge on any atom is 0.207 e. The zero-order chi connectivity index (χ0) is 13.3. The molecule has 0 aliphatic heterocycles. The Morgan fingerprint density at radius 3 is 2.78 bits per heavy atom. The number of rotatable bonds is 4. The normalized spacial score (nSPS) is 37.4. The number of amides is 1. The lowest BCUT2D eigenvalue weighted by Gasteiger charge is -2.42. The largest absolute Gasteiger partial charge is 0.355 e. The monoisotopic (exact) mass is 249 g/mol. The van der Waals surface area contributed by atoms with Crippen LogP contribution in [0.3, 0.4) is 0 Å². The molecule has 0 aromatic rings. The number of fused-ring (bicyclic) bond motifs is 1. The fourth-order valence-corrected chi connectivity index (χ4v) is 4.56. The van der Waals surface area contributed by atoms with Crippen molar-refractivity contribution in [1.29, 1.82) is 0 Å². The van der Waals surface area contributed by atoms with Crippen molar-refractivity contribution >= 4 is 6.41 Å². The van der Waals surface area contributed by atoms with E-state index in [1.165, 1.54) is 37.7 Å². The molecule has 18 heavy (non-hydrogen) atoms. The summed E-state index contributed by atoms with van der Waals surface area (Å²) < 4.78 is 0. The average Bonchev–Trinajstić information content (AvgIpc) is 2.64. The summed E-state index contributed by atoms with van der Waals surface area (Å²) >= 11 is 0. The van der Waals surface area contributed by atoms with E-state index in [-0.39, 0.29) is 0 Å². The molecule has 0 saturated heterocycles. The molecule has 0 radical (unpaired) electrons. The van der Waals surface area contributed by atoms with Crippen molar-refractivity contribution in [1.82, 2.24) is 5.32 Å². The molecule has 0 aromatic heterocycles. The molecule has 1 amide bonds. The van der Waals surface area contributed by atoms with Gasteiger partial charge in [0.1, 0.15) is 0 Å². The Morgan fingerprint density at radius 2 is 2.17 bits per heavy atom. The lowest BCUT2D eigenvalue weighted by atomic mass is 9.64. The van der Waals surface area contributed by atoms with E-state index in [0.717, 1.165) is 6.41 Å². The number of hydrogen-bond donors (Lipinski definition) is 1. The van der Waals surface area contributed by atoms with Crippen molar-refractivity contribution < 1.29 is 4.79 Å². The summed E-state index contributed by atoms with van der Waals surface area (Å²) in [5, 5.41) is 3.07. The van der Waals surface area contributed by atoms with Gasteiger partial charge in [0, 0.05) is 6.04 Å². The number of nitrogens with one attached hydrogen (secondary N) is 1. The average molecular weight is 249 g/mol.